The molecule has 0 spiro atoms. The van der Waals surface area contributed by atoms with Gasteiger partial charge in [0.15, 0.2) is 0 Å². The number of aromatic nitrogens is 1. The van der Waals surface area contributed by atoms with Crippen molar-refractivity contribution >= 4 is 26.6 Å². The molecule has 0 unspecified atom stereocenters. The number of nitrogens with one attached hydrogen (secondary N) is 1. The summed E-state index contributed by atoms with van der Waals surface area (Å²) in [5.41, 5.74) is 2.56. The lowest BCUT2D eigenvalue weighted by Crippen LogP contribution is -2.54. The molecular weight excluding hydrogens is 358 g/mol. The molecule has 27 heavy (non-hydrogen) atoms. The smallest absolute Gasteiger partial charge is 0.268 e. The maximum Gasteiger partial charge on any atom is 0.268 e. The van der Waals surface area contributed by atoms with Crippen molar-refractivity contribution in [1.82, 2.24) is 9.29 Å². The highest BCUT2D eigenvalue weighted by Crippen LogP contribution is 2.31. The van der Waals surface area contributed by atoms with E-state index >= 15 is 0 Å². The van der Waals surface area contributed by atoms with E-state index in [9.17, 15) is 8.42 Å². The van der Waals surface area contributed by atoms with Crippen LogP contribution in [-0.4, -0.2) is 37.6 Å². The lowest BCUT2D eigenvalue weighted by molar-refractivity contribution is 0.407. The van der Waals surface area contributed by atoms with Crippen LogP contribution in [0.1, 0.15) is 19.4 Å². The Labute approximate surface area is 160 Å². The highest BCUT2D eigenvalue weighted by atomic mass is 32.2. The molecule has 4 rings (SSSR count). The van der Waals surface area contributed by atoms with Gasteiger partial charge in [-0.15, -0.1) is 0 Å². The van der Waals surface area contributed by atoms with Crippen molar-refractivity contribution in [3.63, 3.8) is 0 Å². The van der Waals surface area contributed by atoms with Gasteiger partial charge in [-0.1, -0.05) is 24.3 Å². The Morgan fingerprint density at radius 3 is 2.37 bits per heavy atom. The predicted molar refractivity (Wildman–Crippen MR) is 110 cm³/mol. The second-order valence-corrected chi connectivity index (χ2v) is 9.25. The van der Waals surface area contributed by atoms with Crippen molar-refractivity contribution < 1.29 is 8.42 Å². The molecule has 3 aromatic rings. The van der Waals surface area contributed by atoms with E-state index in [1.165, 1.54) is 3.97 Å². The van der Waals surface area contributed by atoms with Gasteiger partial charge < -0.3 is 10.2 Å². The normalized spacial score (nSPS) is 20.9. The van der Waals surface area contributed by atoms with Crippen molar-refractivity contribution in [2.24, 2.45) is 0 Å². The van der Waals surface area contributed by atoms with Crippen LogP contribution in [0.5, 0.6) is 0 Å². The van der Waals surface area contributed by atoms with Gasteiger partial charge in [-0.2, -0.15) is 0 Å². The van der Waals surface area contributed by atoms with Crippen LogP contribution in [0, 0.1) is 6.92 Å². The van der Waals surface area contributed by atoms with Crippen LogP contribution in [0.25, 0.3) is 10.9 Å². The van der Waals surface area contributed by atoms with E-state index in [1.54, 1.807) is 18.3 Å². The topological polar surface area (TPSA) is 54.3 Å². The van der Waals surface area contributed by atoms with E-state index < -0.39 is 10.0 Å². The number of anilines is 1. The zero-order valence-electron chi connectivity index (χ0n) is 15.9. The molecule has 2 heterocycles. The average molecular weight is 384 g/mol. The SMILES string of the molecule is Cc1ccccc1S(=O)(=O)n1ccc2c(N3C[C@@H](C)N[C@@H](C)C3)cccc21. The minimum absolute atomic E-state index is 0.345. The Morgan fingerprint density at radius 2 is 1.67 bits per heavy atom. The van der Waals surface area contributed by atoms with Crippen LogP contribution in [0.3, 0.4) is 0 Å². The molecule has 0 amide bonds. The first-order valence-corrected chi connectivity index (χ1v) is 10.7. The first-order chi connectivity index (χ1) is 12.9. The summed E-state index contributed by atoms with van der Waals surface area (Å²) in [6, 6.07) is 15.7. The monoisotopic (exact) mass is 383 g/mol. The molecule has 1 fully saturated rings. The Kier molecular flexibility index (Phi) is 4.48. The second-order valence-electron chi connectivity index (χ2n) is 7.47. The maximum absolute atomic E-state index is 13.3. The molecule has 1 aliphatic heterocycles. The third-order valence-corrected chi connectivity index (χ3v) is 7.05. The number of rotatable bonds is 3. The van der Waals surface area contributed by atoms with E-state index in [-0.39, 0.29) is 0 Å². The van der Waals surface area contributed by atoms with Crippen molar-refractivity contribution in [3.8, 4) is 0 Å². The molecule has 1 saturated heterocycles. The summed E-state index contributed by atoms with van der Waals surface area (Å²) in [6.45, 7) is 7.99. The van der Waals surface area contributed by atoms with Gasteiger partial charge in [0.25, 0.3) is 10.0 Å². The molecule has 142 valence electrons. The van der Waals surface area contributed by atoms with Crippen LogP contribution in [0.2, 0.25) is 0 Å². The first kappa shape index (κ1) is 18.1. The predicted octanol–water partition coefficient (Wildman–Crippen LogP) is 3.37. The molecular formula is C21H25N3O2S. The summed E-state index contributed by atoms with van der Waals surface area (Å²) in [7, 11) is -3.64. The van der Waals surface area contributed by atoms with Crippen LogP contribution in [0.4, 0.5) is 5.69 Å². The average Bonchev–Trinajstić information content (AvgIpc) is 3.06. The molecule has 0 bridgehead atoms. The molecule has 6 heteroatoms. The van der Waals surface area contributed by atoms with Gasteiger partial charge in [-0.05, 0) is 50.6 Å². The summed E-state index contributed by atoms with van der Waals surface area (Å²) in [6.07, 6.45) is 1.67. The zero-order valence-corrected chi connectivity index (χ0v) is 16.7. The van der Waals surface area contributed by atoms with Crippen molar-refractivity contribution in [2.45, 2.75) is 37.8 Å². The summed E-state index contributed by atoms with van der Waals surface area (Å²) < 4.78 is 27.9. The highest BCUT2D eigenvalue weighted by molar-refractivity contribution is 7.90. The van der Waals surface area contributed by atoms with Crippen LogP contribution < -0.4 is 10.2 Å². The van der Waals surface area contributed by atoms with Crippen LogP contribution in [0.15, 0.2) is 59.6 Å². The number of nitrogens with zero attached hydrogens (tertiary/aromatic N) is 2. The standard InChI is InChI=1S/C21H25N3O2S/c1-15-7-4-5-10-21(15)27(25,26)24-12-11-18-19(8-6-9-20(18)24)23-13-16(2)22-17(3)14-23/h4-12,16-17,22H,13-14H2,1-3H3/t16-,17+. The molecule has 1 N–H and O–H groups in total. The van der Waals surface area contributed by atoms with E-state index in [1.807, 2.05) is 37.3 Å². The molecule has 1 aliphatic rings. The Morgan fingerprint density at radius 1 is 0.963 bits per heavy atom. The molecule has 0 radical (unpaired) electrons. The number of aryl methyl sites for hydroxylation is 1. The van der Waals surface area contributed by atoms with Gasteiger partial charge in [0.05, 0.1) is 10.4 Å². The number of piperazine rings is 1. The third-order valence-electron chi connectivity index (χ3n) is 5.20. The quantitative estimate of drug-likeness (QED) is 0.753. The lowest BCUT2D eigenvalue weighted by Gasteiger charge is -2.38. The van der Waals surface area contributed by atoms with Crippen molar-refractivity contribution in [2.75, 3.05) is 18.0 Å². The minimum Gasteiger partial charge on any atom is -0.368 e. The summed E-state index contributed by atoms with van der Waals surface area (Å²) in [5, 5.41) is 4.51. The van der Waals surface area contributed by atoms with Crippen LogP contribution >= 0.6 is 0 Å². The highest BCUT2D eigenvalue weighted by Gasteiger charge is 2.25. The van der Waals surface area contributed by atoms with Gasteiger partial charge in [0, 0.05) is 42.4 Å². The van der Waals surface area contributed by atoms with Gasteiger partial charge in [-0.3, -0.25) is 0 Å². The summed E-state index contributed by atoms with van der Waals surface area (Å²) in [4.78, 5) is 2.69. The fourth-order valence-corrected chi connectivity index (χ4v) is 5.66. The van der Waals surface area contributed by atoms with Gasteiger partial charge in [-0.25, -0.2) is 12.4 Å². The molecule has 2 aromatic carbocycles. The lowest BCUT2D eigenvalue weighted by atomic mass is 10.1. The number of fused-ring (bicyclic) bond motifs is 1. The van der Waals surface area contributed by atoms with E-state index in [4.69, 9.17) is 0 Å². The molecule has 0 saturated carbocycles. The number of benzene rings is 2. The fourth-order valence-electron chi connectivity index (χ4n) is 4.09. The molecule has 5 nitrogen and oxygen atoms in total. The second kappa shape index (κ2) is 6.69. The fraction of sp³-hybridized carbons (Fsp3) is 0.333. The van der Waals surface area contributed by atoms with E-state index in [0.717, 1.165) is 35.2 Å². The van der Waals surface area contributed by atoms with E-state index in [0.29, 0.717) is 17.0 Å². The third kappa shape index (κ3) is 3.13. The van der Waals surface area contributed by atoms with Crippen molar-refractivity contribution in [1.29, 1.82) is 0 Å². The summed E-state index contributed by atoms with van der Waals surface area (Å²) in [5.74, 6) is 0. The Hall–Kier alpha value is -2.31. The minimum atomic E-state index is -3.64. The van der Waals surface area contributed by atoms with E-state index in [2.05, 4.69) is 30.1 Å². The molecule has 0 aliphatic carbocycles. The maximum atomic E-state index is 13.3. The molecule has 1 aromatic heterocycles. The first-order valence-electron chi connectivity index (χ1n) is 9.30. The molecule has 2 atom stereocenters. The Balaban J connectivity index is 1.83. The van der Waals surface area contributed by atoms with Gasteiger partial charge >= 0.3 is 0 Å². The zero-order chi connectivity index (χ0) is 19.2. The summed E-state index contributed by atoms with van der Waals surface area (Å²) >= 11 is 0. The number of hydrogen-bond acceptors (Lipinski definition) is 4. The Bertz CT molecular complexity index is 1080. The van der Waals surface area contributed by atoms with Crippen molar-refractivity contribution in [3.05, 3.63) is 60.3 Å². The van der Waals surface area contributed by atoms with Crippen LogP contribution in [-0.2, 0) is 10.0 Å². The largest absolute Gasteiger partial charge is 0.368 e. The van der Waals surface area contributed by atoms with Gasteiger partial charge in [0.1, 0.15) is 0 Å². The van der Waals surface area contributed by atoms with Gasteiger partial charge in [0.2, 0.25) is 0 Å². The number of hydrogen-bond donors (Lipinski definition) is 1.